The zero-order chi connectivity index (χ0) is 12.5. The molecule has 0 bridgehead atoms. The predicted molar refractivity (Wildman–Crippen MR) is 64.2 cm³/mol. The van der Waals surface area contributed by atoms with Crippen LogP contribution >= 0.6 is 0 Å². The zero-order valence-electron chi connectivity index (χ0n) is 10.6. The van der Waals surface area contributed by atoms with Gasteiger partial charge in [-0.1, -0.05) is 0 Å². The molecule has 0 saturated carbocycles. The molecule has 1 fully saturated rings. The molecule has 5 nitrogen and oxygen atoms in total. The fourth-order valence-electron chi connectivity index (χ4n) is 2.10. The van der Waals surface area contributed by atoms with Gasteiger partial charge in [-0.15, -0.1) is 0 Å². The molecular formula is C12H23NO4. The minimum absolute atomic E-state index is 0.0921. The number of aliphatic carboxylic acids is 1. The van der Waals surface area contributed by atoms with Crippen LogP contribution in [0.4, 0.5) is 0 Å². The van der Waals surface area contributed by atoms with Gasteiger partial charge in [-0.3, -0.25) is 9.69 Å². The highest BCUT2D eigenvalue weighted by Gasteiger charge is 2.16. The van der Waals surface area contributed by atoms with E-state index in [1.807, 2.05) is 4.90 Å². The summed E-state index contributed by atoms with van der Waals surface area (Å²) < 4.78 is 10.5. The number of ether oxygens (including phenoxy) is 2. The summed E-state index contributed by atoms with van der Waals surface area (Å²) in [7, 11) is 1.63. The van der Waals surface area contributed by atoms with Crippen molar-refractivity contribution in [2.45, 2.75) is 31.8 Å². The highest BCUT2D eigenvalue weighted by Crippen LogP contribution is 2.16. The van der Waals surface area contributed by atoms with Crippen molar-refractivity contribution >= 4 is 5.97 Å². The fraction of sp³-hybridized carbons (Fsp3) is 0.917. The molecule has 1 saturated heterocycles. The summed E-state index contributed by atoms with van der Waals surface area (Å²) in [6.45, 7) is 3.03. The van der Waals surface area contributed by atoms with Crippen molar-refractivity contribution in [1.82, 2.24) is 4.90 Å². The Morgan fingerprint density at radius 1 is 1.53 bits per heavy atom. The van der Waals surface area contributed by atoms with E-state index in [9.17, 15) is 4.79 Å². The van der Waals surface area contributed by atoms with Gasteiger partial charge in [0.25, 0.3) is 0 Å². The first-order valence-corrected chi connectivity index (χ1v) is 6.27. The van der Waals surface area contributed by atoms with Gasteiger partial charge >= 0.3 is 5.97 Å². The highest BCUT2D eigenvalue weighted by atomic mass is 16.5. The summed E-state index contributed by atoms with van der Waals surface area (Å²) in [5.41, 5.74) is 0. The van der Waals surface area contributed by atoms with Gasteiger partial charge in [-0.25, -0.2) is 0 Å². The third-order valence-corrected chi connectivity index (χ3v) is 2.99. The number of carboxylic acids is 1. The Kier molecular flexibility index (Phi) is 7.16. The molecule has 0 aromatic rings. The maximum absolute atomic E-state index is 10.7. The molecule has 1 heterocycles. The summed E-state index contributed by atoms with van der Waals surface area (Å²) in [6.07, 6.45) is 4.72. The van der Waals surface area contributed by atoms with E-state index in [0.717, 1.165) is 38.8 Å². The van der Waals surface area contributed by atoms with Crippen LogP contribution in [-0.4, -0.2) is 62.0 Å². The normalized spacial score (nSPS) is 20.0. The van der Waals surface area contributed by atoms with E-state index >= 15 is 0 Å². The van der Waals surface area contributed by atoms with Gasteiger partial charge in [0.05, 0.1) is 19.3 Å². The van der Waals surface area contributed by atoms with Crippen molar-refractivity contribution in [2.24, 2.45) is 0 Å². The van der Waals surface area contributed by atoms with Crippen molar-refractivity contribution < 1.29 is 19.4 Å². The molecule has 5 heteroatoms. The average molecular weight is 245 g/mol. The Morgan fingerprint density at radius 2 is 2.35 bits per heavy atom. The van der Waals surface area contributed by atoms with E-state index in [4.69, 9.17) is 14.6 Å². The molecular weight excluding hydrogens is 222 g/mol. The lowest BCUT2D eigenvalue weighted by atomic mass is 10.1. The second kappa shape index (κ2) is 8.44. The summed E-state index contributed by atoms with van der Waals surface area (Å²) in [6, 6.07) is 0. The Bertz CT molecular complexity index is 217. The first-order chi connectivity index (χ1) is 8.22. The van der Waals surface area contributed by atoms with Crippen molar-refractivity contribution in [2.75, 3.05) is 40.0 Å². The number of carbonyl (C=O) groups is 1. The van der Waals surface area contributed by atoms with Gasteiger partial charge in [0, 0.05) is 20.3 Å². The Labute approximate surface area is 103 Å². The number of hydrogen-bond acceptors (Lipinski definition) is 4. The van der Waals surface area contributed by atoms with Crippen LogP contribution in [-0.2, 0) is 14.3 Å². The smallest absolute Gasteiger partial charge is 0.317 e. The number of hydrogen-bond donors (Lipinski definition) is 1. The third-order valence-electron chi connectivity index (χ3n) is 2.99. The minimum Gasteiger partial charge on any atom is -0.480 e. The van der Waals surface area contributed by atoms with E-state index in [-0.39, 0.29) is 6.54 Å². The van der Waals surface area contributed by atoms with Gasteiger partial charge in [0.15, 0.2) is 0 Å². The Balaban J connectivity index is 2.14. The van der Waals surface area contributed by atoms with Crippen LogP contribution in [0.25, 0.3) is 0 Å². The molecule has 17 heavy (non-hydrogen) atoms. The monoisotopic (exact) mass is 245 g/mol. The number of methoxy groups -OCH3 is 1. The van der Waals surface area contributed by atoms with Crippen LogP contribution < -0.4 is 0 Å². The van der Waals surface area contributed by atoms with Gasteiger partial charge in [0.1, 0.15) is 0 Å². The molecule has 0 aliphatic carbocycles. The van der Waals surface area contributed by atoms with E-state index in [2.05, 4.69) is 0 Å². The van der Waals surface area contributed by atoms with Crippen LogP contribution in [0.1, 0.15) is 25.7 Å². The Morgan fingerprint density at radius 3 is 2.94 bits per heavy atom. The highest BCUT2D eigenvalue weighted by molar-refractivity contribution is 5.69. The van der Waals surface area contributed by atoms with Crippen LogP contribution in [0.15, 0.2) is 0 Å². The minimum atomic E-state index is -0.779. The number of nitrogens with zero attached hydrogens (tertiary/aromatic N) is 1. The fourth-order valence-corrected chi connectivity index (χ4v) is 2.10. The summed E-state index contributed by atoms with van der Waals surface area (Å²) in [5.74, 6) is -0.779. The molecule has 1 rings (SSSR count). The lowest BCUT2D eigenvalue weighted by Gasteiger charge is -2.20. The van der Waals surface area contributed by atoms with Gasteiger partial charge in [0.2, 0.25) is 0 Å². The van der Waals surface area contributed by atoms with Gasteiger partial charge in [-0.2, -0.15) is 0 Å². The topological polar surface area (TPSA) is 59.0 Å². The molecule has 0 spiro atoms. The standard InChI is InChI=1S/C12H23NO4/c1-16-9-7-13(10-12(14)15)6-2-4-11-5-3-8-17-11/h11H,2-10H2,1H3,(H,14,15). The molecule has 0 radical (unpaired) electrons. The van der Waals surface area contributed by atoms with Crippen molar-refractivity contribution in [1.29, 1.82) is 0 Å². The average Bonchev–Trinajstić information content (AvgIpc) is 2.78. The molecule has 1 unspecified atom stereocenters. The van der Waals surface area contributed by atoms with Crippen molar-refractivity contribution in [3.8, 4) is 0 Å². The third kappa shape index (κ3) is 6.61. The first kappa shape index (κ1) is 14.4. The van der Waals surface area contributed by atoms with Crippen molar-refractivity contribution in [3.63, 3.8) is 0 Å². The first-order valence-electron chi connectivity index (χ1n) is 6.27. The lowest BCUT2D eigenvalue weighted by Crippen LogP contribution is -2.33. The van der Waals surface area contributed by atoms with E-state index < -0.39 is 5.97 Å². The zero-order valence-corrected chi connectivity index (χ0v) is 10.6. The van der Waals surface area contributed by atoms with E-state index in [1.165, 1.54) is 0 Å². The molecule has 1 aliphatic rings. The van der Waals surface area contributed by atoms with E-state index in [1.54, 1.807) is 7.11 Å². The molecule has 0 amide bonds. The maximum atomic E-state index is 10.7. The van der Waals surface area contributed by atoms with E-state index in [0.29, 0.717) is 19.3 Å². The van der Waals surface area contributed by atoms with Crippen molar-refractivity contribution in [3.05, 3.63) is 0 Å². The second-order valence-electron chi connectivity index (χ2n) is 4.44. The number of carboxylic acid groups (broad SMARTS) is 1. The Hall–Kier alpha value is -0.650. The summed E-state index contributed by atoms with van der Waals surface area (Å²) >= 11 is 0. The van der Waals surface area contributed by atoms with Crippen LogP contribution in [0.2, 0.25) is 0 Å². The summed E-state index contributed by atoms with van der Waals surface area (Å²) in [5, 5.41) is 8.79. The molecule has 0 aromatic carbocycles. The number of rotatable bonds is 9. The molecule has 1 aliphatic heterocycles. The summed E-state index contributed by atoms with van der Waals surface area (Å²) in [4.78, 5) is 12.6. The SMILES string of the molecule is COCCN(CCCC1CCCO1)CC(=O)O. The lowest BCUT2D eigenvalue weighted by molar-refractivity contribution is -0.138. The largest absolute Gasteiger partial charge is 0.480 e. The van der Waals surface area contributed by atoms with Crippen LogP contribution in [0, 0.1) is 0 Å². The molecule has 1 N–H and O–H groups in total. The predicted octanol–water partition coefficient (Wildman–Crippen LogP) is 0.979. The second-order valence-corrected chi connectivity index (χ2v) is 4.44. The van der Waals surface area contributed by atoms with Crippen LogP contribution in [0.5, 0.6) is 0 Å². The molecule has 0 aromatic heterocycles. The van der Waals surface area contributed by atoms with Gasteiger partial charge in [-0.05, 0) is 32.2 Å². The van der Waals surface area contributed by atoms with Gasteiger partial charge < -0.3 is 14.6 Å². The molecule has 100 valence electrons. The quantitative estimate of drug-likeness (QED) is 0.656. The molecule has 1 atom stereocenters. The van der Waals surface area contributed by atoms with Crippen LogP contribution in [0.3, 0.4) is 0 Å². The maximum Gasteiger partial charge on any atom is 0.317 e.